The first-order chi connectivity index (χ1) is 11.6. The molecule has 0 bridgehead atoms. The van der Waals surface area contributed by atoms with Gasteiger partial charge in [0.2, 0.25) is 0 Å². The Morgan fingerprint density at radius 3 is 2.33 bits per heavy atom. The third-order valence-corrected chi connectivity index (χ3v) is 3.45. The van der Waals surface area contributed by atoms with Gasteiger partial charge in [0.15, 0.2) is 5.78 Å². The Hall–Kier alpha value is -2.73. The molecule has 24 heavy (non-hydrogen) atoms. The molecule has 2 rings (SSSR count). The highest BCUT2D eigenvalue weighted by Gasteiger charge is 2.20. The summed E-state index contributed by atoms with van der Waals surface area (Å²) in [5.74, 6) is -0.688. The maximum absolute atomic E-state index is 12.9. The van der Waals surface area contributed by atoms with Crippen molar-refractivity contribution in [1.82, 2.24) is 5.32 Å². The fourth-order valence-corrected chi connectivity index (χ4v) is 2.15. The van der Waals surface area contributed by atoms with Gasteiger partial charge in [0.05, 0.1) is 12.6 Å². The normalized spacial score (nSPS) is 11.6. The van der Waals surface area contributed by atoms with E-state index in [2.05, 4.69) is 5.32 Å². The lowest BCUT2D eigenvalue weighted by Gasteiger charge is -2.17. The number of benzene rings is 2. The van der Waals surface area contributed by atoms with Gasteiger partial charge in [0.25, 0.3) is 0 Å². The largest absolute Gasteiger partial charge is 0.445 e. The molecule has 0 heterocycles. The smallest absolute Gasteiger partial charge is 0.408 e. The monoisotopic (exact) mass is 330 g/mol. The van der Waals surface area contributed by atoms with E-state index in [4.69, 9.17) is 10.5 Å². The van der Waals surface area contributed by atoms with E-state index < -0.39 is 12.1 Å². The summed E-state index contributed by atoms with van der Waals surface area (Å²) in [5, 5.41) is 2.52. The Kier molecular flexibility index (Phi) is 6.45. The number of rotatable bonds is 7. The molecule has 126 valence electrons. The van der Waals surface area contributed by atoms with Gasteiger partial charge in [-0.25, -0.2) is 9.18 Å². The Bertz CT molecular complexity index is 674. The zero-order valence-corrected chi connectivity index (χ0v) is 13.1. The highest BCUT2D eigenvalue weighted by Crippen LogP contribution is 2.07. The lowest BCUT2D eigenvalue weighted by molar-refractivity contribution is -0.119. The van der Waals surface area contributed by atoms with Crippen LogP contribution in [0.3, 0.4) is 0 Å². The van der Waals surface area contributed by atoms with Gasteiger partial charge in [0.1, 0.15) is 12.4 Å². The molecular formula is C18H19FN2O3. The second-order valence-corrected chi connectivity index (χ2v) is 5.26. The molecule has 0 spiro atoms. The molecule has 0 aromatic heterocycles. The molecular weight excluding hydrogens is 311 g/mol. The number of alkyl carbamates (subject to hydrolysis) is 1. The van der Waals surface area contributed by atoms with E-state index >= 15 is 0 Å². The Morgan fingerprint density at radius 1 is 1.04 bits per heavy atom. The van der Waals surface area contributed by atoms with Crippen molar-refractivity contribution in [3.8, 4) is 0 Å². The quantitative estimate of drug-likeness (QED) is 0.815. The van der Waals surface area contributed by atoms with E-state index in [0.717, 1.165) is 5.56 Å². The summed E-state index contributed by atoms with van der Waals surface area (Å²) in [5.41, 5.74) is 6.94. The number of ether oxygens (including phenoxy) is 1. The molecule has 0 aliphatic rings. The molecule has 0 saturated heterocycles. The predicted molar refractivity (Wildman–Crippen MR) is 87.7 cm³/mol. The molecule has 1 unspecified atom stereocenters. The molecule has 5 nitrogen and oxygen atoms in total. The second-order valence-electron chi connectivity index (χ2n) is 5.26. The van der Waals surface area contributed by atoms with Gasteiger partial charge in [-0.15, -0.1) is 0 Å². The Morgan fingerprint density at radius 2 is 1.71 bits per heavy atom. The van der Waals surface area contributed by atoms with E-state index in [-0.39, 0.29) is 31.2 Å². The van der Waals surface area contributed by atoms with Crippen LogP contribution in [0.1, 0.15) is 11.1 Å². The van der Waals surface area contributed by atoms with Crippen molar-refractivity contribution >= 4 is 11.9 Å². The van der Waals surface area contributed by atoms with Crippen LogP contribution in [-0.4, -0.2) is 24.5 Å². The van der Waals surface area contributed by atoms with Gasteiger partial charge in [-0.1, -0.05) is 42.5 Å². The molecule has 0 fully saturated rings. The summed E-state index contributed by atoms with van der Waals surface area (Å²) in [6.07, 6.45) is -0.482. The predicted octanol–water partition coefficient (Wildman–Crippen LogP) is 2.19. The fourth-order valence-electron chi connectivity index (χ4n) is 2.15. The number of ketones is 1. The van der Waals surface area contributed by atoms with Crippen LogP contribution in [0.25, 0.3) is 0 Å². The molecule has 0 aliphatic carbocycles. The van der Waals surface area contributed by atoms with Crippen LogP contribution in [0.4, 0.5) is 9.18 Å². The summed E-state index contributed by atoms with van der Waals surface area (Å²) >= 11 is 0. The fraction of sp³-hybridized carbons (Fsp3) is 0.222. The van der Waals surface area contributed by atoms with Gasteiger partial charge >= 0.3 is 6.09 Å². The molecule has 2 aromatic carbocycles. The van der Waals surface area contributed by atoms with Gasteiger partial charge < -0.3 is 15.8 Å². The number of nitrogens with two attached hydrogens (primary N) is 1. The van der Waals surface area contributed by atoms with Crippen LogP contribution < -0.4 is 11.1 Å². The molecule has 0 radical (unpaired) electrons. The third kappa shape index (κ3) is 5.48. The summed E-state index contributed by atoms with van der Waals surface area (Å²) in [4.78, 5) is 23.8. The van der Waals surface area contributed by atoms with Crippen molar-refractivity contribution in [2.24, 2.45) is 5.73 Å². The van der Waals surface area contributed by atoms with Crippen LogP contribution in [-0.2, 0) is 22.6 Å². The minimum absolute atomic E-state index is 0.104. The minimum Gasteiger partial charge on any atom is -0.445 e. The van der Waals surface area contributed by atoms with Crippen LogP contribution in [0.15, 0.2) is 54.6 Å². The van der Waals surface area contributed by atoms with Crippen molar-refractivity contribution in [2.45, 2.75) is 19.1 Å². The first-order valence-electron chi connectivity index (χ1n) is 7.53. The average molecular weight is 330 g/mol. The number of hydrogen-bond donors (Lipinski definition) is 2. The highest BCUT2D eigenvalue weighted by molar-refractivity contribution is 5.89. The summed E-state index contributed by atoms with van der Waals surface area (Å²) in [7, 11) is 0. The maximum Gasteiger partial charge on any atom is 0.408 e. The standard InChI is InChI=1S/C18H19FN2O3/c19-15-8-6-13(7-9-15)10-16(17(22)11-20)21-18(23)24-12-14-4-2-1-3-5-14/h1-9,16H,10-12,20H2,(H,21,23). The van der Waals surface area contributed by atoms with Crippen molar-refractivity contribution in [1.29, 1.82) is 0 Å². The van der Waals surface area contributed by atoms with E-state index in [0.29, 0.717) is 5.56 Å². The number of hydrogen-bond acceptors (Lipinski definition) is 4. The number of carbonyl (C=O) groups is 2. The number of nitrogens with one attached hydrogen (secondary N) is 1. The van der Waals surface area contributed by atoms with Crippen LogP contribution in [0.5, 0.6) is 0 Å². The summed E-state index contributed by atoms with van der Waals surface area (Å²) in [6.45, 7) is -0.0996. The van der Waals surface area contributed by atoms with E-state index in [1.54, 1.807) is 12.1 Å². The molecule has 0 saturated carbocycles. The number of Topliss-reactive ketones (excluding diaryl/α,β-unsaturated/α-hetero) is 1. The van der Waals surface area contributed by atoms with Crippen LogP contribution in [0, 0.1) is 5.82 Å². The minimum atomic E-state index is -0.816. The second kappa shape index (κ2) is 8.79. The Labute approximate surface area is 139 Å². The third-order valence-electron chi connectivity index (χ3n) is 3.45. The van der Waals surface area contributed by atoms with Crippen LogP contribution in [0.2, 0.25) is 0 Å². The van der Waals surface area contributed by atoms with Crippen molar-refractivity contribution in [3.05, 3.63) is 71.5 Å². The van der Waals surface area contributed by atoms with Gasteiger partial charge in [-0.05, 0) is 29.7 Å². The maximum atomic E-state index is 12.9. The summed E-state index contributed by atoms with van der Waals surface area (Å²) in [6, 6.07) is 14.1. The summed E-state index contributed by atoms with van der Waals surface area (Å²) < 4.78 is 18.1. The van der Waals surface area contributed by atoms with Gasteiger partial charge in [-0.3, -0.25) is 4.79 Å². The molecule has 0 aliphatic heterocycles. The first kappa shape index (κ1) is 17.6. The highest BCUT2D eigenvalue weighted by atomic mass is 19.1. The molecule has 2 aromatic rings. The zero-order chi connectivity index (χ0) is 17.4. The van der Waals surface area contributed by atoms with Crippen molar-refractivity contribution < 1.29 is 18.7 Å². The van der Waals surface area contributed by atoms with E-state index in [1.807, 2.05) is 30.3 Å². The van der Waals surface area contributed by atoms with E-state index in [9.17, 15) is 14.0 Å². The molecule has 1 atom stereocenters. The lowest BCUT2D eigenvalue weighted by Crippen LogP contribution is -2.45. The lowest BCUT2D eigenvalue weighted by atomic mass is 10.0. The van der Waals surface area contributed by atoms with Crippen molar-refractivity contribution in [2.75, 3.05) is 6.54 Å². The van der Waals surface area contributed by atoms with Gasteiger partial charge in [-0.2, -0.15) is 0 Å². The van der Waals surface area contributed by atoms with Gasteiger partial charge in [0, 0.05) is 0 Å². The number of amides is 1. The average Bonchev–Trinajstić information content (AvgIpc) is 2.61. The molecule has 3 N–H and O–H groups in total. The molecule has 6 heteroatoms. The van der Waals surface area contributed by atoms with Crippen LogP contribution >= 0.6 is 0 Å². The molecule has 1 amide bonds. The topological polar surface area (TPSA) is 81.4 Å². The Balaban J connectivity index is 1.93. The first-order valence-corrected chi connectivity index (χ1v) is 7.53. The zero-order valence-electron chi connectivity index (χ0n) is 13.1. The number of carbonyl (C=O) groups excluding carboxylic acids is 2. The SMILES string of the molecule is NCC(=O)C(Cc1ccc(F)cc1)NC(=O)OCc1ccccc1. The van der Waals surface area contributed by atoms with Crippen molar-refractivity contribution in [3.63, 3.8) is 0 Å². The number of halogens is 1. The van der Waals surface area contributed by atoms with E-state index in [1.165, 1.54) is 12.1 Å².